The molecule has 4 heterocycles. The van der Waals surface area contributed by atoms with E-state index in [4.69, 9.17) is 28.6 Å². The van der Waals surface area contributed by atoms with Crippen LogP contribution in [0.25, 0.3) is 5.57 Å². The van der Waals surface area contributed by atoms with Gasteiger partial charge in [0.05, 0.1) is 24.1 Å². The molecule has 49 heavy (non-hydrogen) atoms. The van der Waals surface area contributed by atoms with E-state index in [-0.39, 0.29) is 17.2 Å². The third-order valence-corrected chi connectivity index (χ3v) is 13.5. The summed E-state index contributed by atoms with van der Waals surface area (Å²) in [5.74, 6) is 1.98. The first-order valence-corrected chi connectivity index (χ1v) is 20.1. The largest absolute Gasteiger partial charge is 0.491 e. The molecule has 0 aliphatic carbocycles. The molecule has 2 aliphatic rings. The Bertz CT molecular complexity index is 1600. The fourth-order valence-corrected chi connectivity index (χ4v) is 6.88. The molecule has 12 heteroatoms. The number of carbonyl (C=O) groups excluding carboxylic acids is 2. The number of pyridine rings is 2. The molecule has 0 unspecified atom stereocenters. The number of nitrogens with zero attached hydrogens (tertiary/aromatic N) is 4. The molecule has 2 aliphatic heterocycles. The summed E-state index contributed by atoms with van der Waals surface area (Å²) in [5.41, 5.74) is 3.89. The molecular weight excluding hydrogens is 639 g/mol. The topological polar surface area (TPSA) is 115 Å². The maximum atomic E-state index is 13.4. The Labute approximate surface area is 293 Å². The van der Waals surface area contributed by atoms with Gasteiger partial charge in [0.15, 0.2) is 8.32 Å². The Morgan fingerprint density at radius 3 is 2.27 bits per heavy atom. The van der Waals surface area contributed by atoms with Gasteiger partial charge in [0, 0.05) is 49.4 Å². The molecule has 2 amide bonds. The van der Waals surface area contributed by atoms with Crippen molar-refractivity contribution in [2.45, 2.75) is 124 Å². The summed E-state index contributed by atoms with van der Waals surface area (Å²) in [5, 5.41) is 3.44. The van der Waals surface area contributed by atoms with Crippen LogP contribution in [0.2, 0.25) is 18.1 Å². The van der Waals surface area contributed by atoms with Gasteiger partial charge >= 0.3 is 12.2 Å². The van der Waals surface area contributed by atoms with Crippen molar-refractivity contribution in [3.05, 3.63) is 40.7 Å². The van der Waals surface area contributed by atoms with Gasteiger partial charge in [0.1, 0.15) is 28.6 Å². The van der Waals surface area contributed by atoms with Gasteiger partial charge in [-0.05, 0) is 91.6 Å². The molecular formula is C37H57N5O6Si. The molecule has 0 bridgehead atoms. The predicted molar refractivity (Wildman–Crippen MR) is 198 cm³/mol. The zero-order chi connectivity index (χ0) is 36.7. The molecule has 0 saturated carbocycles. The third kappa shape index (κ3) is 9.54. The lowest BCUT2D eigenvalue weighted by Gasteiger charge is -2.40. The number of carbonyl (C=O) groups is 2. The summed E-state index contributed by atoms with van der Waals surface area (Å²) < 4.78 is 24.6. The van der Waals surface area contributed by atoms with Gasteiger partial charge in [-0.15, -0.1) is 0 Å². The predicted octanol–water partition coefficient (Wildman–Crippen LogP) is 8.56. The normalized spacial score (nSPS) is 17.1. The molecule has 11 nitrogen and oxygen atoms in total. The Hall–Kier alpha value is -3.64. The van der Waals surface area contributed by atoms with E-state index in [1.165, 1.54) is 4.90 Å². The van der Waals surface area contributed by atoms with E-state index >= 15 is 0 Å². The number of rotatable bonds is 6. The summed E-state index contributed by atoms with van der Waals surface area (Å²) in [4.78, 5) is 39.2. The Balaban J connectivity index is 1.74. The molecule has 1 N–H and O–H groups in total. The van der Waals surface area contributed by atoms with Gasteiger partial charge in [-0.2, -0.15) is 0 Å². The second-order valence-electron chi connectivity index (χ2n) is 16.7. The van der Waals surface area contributed by atoms with Crippen molar-refractivity contribution in [3.8, 4) is 5.75 Å². The first kappa shape index (κ1) is 38.2. The van der Waals surface area contributed by atoms with Crippen LogP contribution in [0.15, 0.2) is 18.2 Å². The van der Waals surface area contributed by atoms with Gasteiger partial charge in [-0.1, -0.05) is 26.8 Å². The number of anilines is 3. The van der Waals surface area contributed by atoms with Crippen LogP contribution in [0.1, 0.15) is 91.2 Å². The number of aromatic nitrogens is 2. The van der Waals surface area contributed by atoms with Crippen LogP contribution in [0, 0.1) is 13.8 Å². The van der Waals surface area contributed by atoms with Crippen LogP contribution in [0.5, 0.6) is 5.75 Å². The fourth-order valence-electron chi connectivity index (χ4n) is 5.54. The molecule has 2 aromatic rings. The highest BCUT2D eigenvalue weighted by Gasteiger charge is 2.41. The van der Waals surface area contributed by atoms with Gasteiger partial charge in [0.25, 0.3) is 0 Å². The summed E-state index contributed by atoms with van der Waals surface area (Å²) in [6.45, 7) is 27.5. The highest BCUT2D eigenvalue weighted by Crippen LogP contribution is 2.43. The highest BCUT2D eigenvalue weighted by molar-refractivity contribution is 6.74. The van der Waals surface area contributed by atoms with Crippen molar-refractivity contribution in [3.63, 3.8) is 0 Å². The van der Waals surface area contributed by atoms with E-state index < -0.39 is 25.6 Å². The summed E-state index contributed by atoms with van der Waals surface area (Å²) >= 11 is 0. The van der Waals surface area contributed by atoms with Gasteiger partial charge in [-0.3, -0.25) is 4.90 Å². The van der Waals surface area contributed by atoms with Crippen molar-refractivity contribution >= 4 is 43.4 Å². The van der Waals surface area contributed by atoms with Crippen LogP contribution in [0.4, 0.5) is 26.9 Å². The van der Waals surface area contributed by atoms with Crippen LogP contribution >= 0.6 is 0 Å². The molecule has 270 valence electrons. The van der Waals surface area contributed by atoms with Crippen LogP contribution < -0.4 is 15.0 Å². The van der Waals surface area contributed by atoms with Gasteiger partial charge < -0.3 is 28.9 Å². The van der Waals surface area contributed by atoms with E-state index in [0.29, 0.717) is 49.9 Å². The zero-order valence-electron chi connectivity index (χ0n) is 32.1. The molecule has 2 aromatic heterocycles. The molecule has 0 spiro atoms. The highest BCUT2D eigenvalue weighted by atomic mass is 28.4. The molecule has 1 atom stereocenters. The van der Waals surface area contributed by atoms with Crippen molar-refractivity contribution in [1.82, 2.24) is 14.9 Å². The van der Waals surface area contributed by atoms with Gasteiger partial charge in [-0.25, -0.2) is 19.6 Å². The Morgan fingerprint density at radius 1 is 1.00 bits per heavy atom. The second-order valence-corrected chi connectivity index (χ2v) is 21.4. The van der Waals surface area contributed by atoms with Gasteiger partial charge in [0.2, 0.25) is 0 Å². The van der Waals surface area contributed by atoms with Crippen molar-refractivity contribution in [2.24, 2.45) is 0 Å². The van der Waals surface area contributed by atoms with E-state index in [9.17, 15) is 9.59 Å². The lowest BCUT2D eigenvalue weighted by Crippen LogP contribution is -2.48. The fraction of sp³-hybridized carbons (Fsp3) is 0.622. The van der Waals surface area contributed by atoms with E-state index in [1.54, 1.807) is 11.9 Å². The standard InChI is InChI=1S/C37H57N5O6Si/c1-23-19-26(41(12)33(43)46-35(3,4)5)21-29(38-23)40-32-24(2)30(31-28(39-32)16-18-45-31)25-15-17-42(34(44)47-36(6,7)8)22-27(20-25)48-49(13,14)37(9,10)11/h15,19,21,27H,16-18,20,22H2,1-14H3,(H,38,39,40)/t27-/m1/s1. The number of amides is 2. The van der Waals surface area contributed by atoms with Crippen LogP contribution in [-0.4, -0.2) is 79.4 Å². The summed E-state index contributed by atoms with van der Waals surface area (Å²) in [6, 6.07) is 3.65. The number of hydrogen-bond donors (Lipinski definition) is 1. The SMILES string of the molecule is Cc1cc(N(C)C(=O)OC(C)(C)C)cc(Nc2nc3c(c(C4=CCN(C(=O)OC(C)(C)C)C[C@H](O[Si](C)(C)C(C)(C)C)C4)c2C)OCC3)n1. The maximum absolute atomic E-state index is 13.4. The summed E-state index contributed by atoms with van der Waals surface area (Å²) in [7, 11) is -0.518. The van der Waals surface area contributed by atoms with Crippen molar-refractivity contribution < 1.29 is 28.2 Å². The number of fused-ring (bicyclic) bond motifs is 1. The van der Waals surface area contributed by atoms with E-state index in [1.807, 2.05) is 67.5 Å². The number of nitrogens with one attached hydrogen (secondary N) is 1. The Morgan fingerprint density at radius 2 is 1.65 bits per heavy atom. The molecule has 0 fully saturated rings. The van der Waals surface area contributed by atoms with Crippen LogP contribution in [0.3, 0.4) is 0 Å². The minimum atomic E-state index is -2.20. The first-order chi connectivity index (χ1) is 22.4. The van der Waals surface area contributed by atoms with E-state index in [2.05, 4.69) is 45.3 Å². The Kier molecular flexibility index (Phi) is 10.9. The number of ether oxygens (including phenoxy) is 3. The minimum absolute atomic E-state index is 0.00875. The zero-order valence-corrected chi connectivity index (χ0v) is 33.1. The molecule has 0 radical (unpaired) electrons. The summed E-state index contributed by atoms with van der Waals surface area (Å²) in [6.07, 6.45) is 2.32. The number of aryl methyl sites for hydroxylation is 1. The maximum Gasteiger partial charge on any atom is 0.414 e. The molecule has 0 aromatic carbocycles. The average Bonchev–Trinajstić information content (AvgIpc) is 3.29. The average molecular weight is 696 g/mol. The smallest absolute Gasteiger partial charge is 0.414 e. The monoisotopic (exact) mass is 695 g/mol. The lowest BCUT2D eigenvalue weighted by molar-refractivity contribution is 0.0195. The third-order valence-electron chi connectivity index (χ3n) is 8.96. The quantitative estimate of drug-likeness (QED) is 0.297. The number of hydrogen-bond acceptors (Lipinski definition) is 9. The van der Waals surface area contributed by atoms with Crippen molar-refractivity contribution in [1.29, 1.82) is 0 Å². The molecule has 4 rings (SSSR count). The second kappa shape index (κ2) is 13.9. The minimum Gasteiger partial charge on any atom is -0.491 e. The van der Waals surface area contributed by atoms with Crippen molar-refractivity contribution in [2.75, 3.05) is 37.0 Å². The first-order valence-electron chi connectivity index (χ1n) is 17.2. The van der Waals surface area contributed by atoms with E-state index in [0.717, 1.165) is 33.8 Å². The lowest BCUT2D eigenvalue weighted by atomic mass is 9.94. The molecule has 0 saturated heterocycles. The van der Waals surface area contributed by atoms with Crippen LogP contribution in [-0.2, 0) is 20.3 Å².